The molecule has 4 rings (SSSR count). The van der Waals surface area contributed by atoms with E-state index in [2.05, 4.69) is 19.2 Å². The van der Waals surface area contributed by atoms with Gasteiger partial charge in [-0.3, -0.25) is 4.79 Å². The summed E-state index contributed by atoms with van der Waals surface area (Å²) in [5, 5.41) is 3.18. The largest absolute Gasteiger partial charge is 0.355 e. The van der Waals surface area contributed by atoms with E-state index in [1.807, 2.05) is 0 Å². The lowest BCUT2D eigenvalue weighted by atomic mass is 9.51. The number of nitrogens with one attached hydrogen (secondary N) is 1. The number of carbonyl (C=O) groups is 1. The van der Waals surface area contributed by atoms with Gasteiger partial charge < -0.3 is 5.32 Å². The lowest BCUT2D eigenvalue weighted by molar-refractivity contribution is -0.138. The van der Waals surface area contributed by atoms with Crippen LogP contribution in [0.1, 0.15) is 46.0 Å². The third-order valence-corrected chi connectivity index (χ3v) is 6.36. The van der Waals surface area contributed by atoms with E-state index >= 15 is 0 Å². The monoisotopic (exact) mass is 283 g/mol. The molecule has 4 fully saturated rings. The zero-order valence-electron chi connectivity index (χ0n) is 12.1. The van der Waals surface area contributed by atoms with Crippen LogP contribution < -0.4 is 5.32 Å². The number of hydrogen-bond acceptors (Lipinski definition) is 1. The van der Waals surface area contributed by atoms with Crippen molar-refractivity contribution in [3.8, 4) is 0 Å². The van der Waals surface area contributed by atoms with Gasteiger partial charge in [-0.25, -0.2) is 0 Å². The van der Waals surface area contributed by atoms with Crippen LogP contribution in [0.5, 0.6) is 0 Å². The number of carbonyl (C=O) groups excluding carboxylic acids is 1. The van der Waals surface area contributed by atoms with Gasteiger partial charge in [0.1, 0.15) is 0 Å². The molecule has 4 bridgehead atoms. The molecular weight excluding hydrogens is 258 g/mol. The standard InChI is InChI=1S/C16H26ClNO/c1-16(2,8-17)9-18-15(19)14-12-4-10-3-11(6-12)7-13(14)5-10/h10-14H,3-9H2,1-2H3,(H,18,19). The van der Waals surface area contributed by atoms with Gasteiger partial charge in [-0.05, 0) is 61.2 Å². The molecule has 1 amide bonds. The zero-order valence-corrected chi connectivity index (χ0v) is 12.9. The molecule has 0 spiro atoms. The van der Waals surface area contributed by atoms with Crippen LogP contribution in [0.2, 0.25) is 0 Å². The highest BCUT2D eigenvalue weighted by Crippen LogP contribution is 2.56. The summed E-state index contributed by atoms with van der Waals surface area (Å²) in [6, 6.07) is 0. The topological polar surface area (TPSA) is 29.1 Å². The van der Waals surface area contributed by atoms with Crippen LogP contribution in [-0.4, -0.2) is 18.3 Å². The van der Waals surface area contributed by atoms with Crippen LogP contribution in [0.4, 0.5) is 0 Å². The highest BCUT2D eigenvalue weighted by Gasteiger charge is 2.50. The molecule has 0 aliphatic heterocycles. The van der Waals surface area contributed by atoms with Crippen LogP contribution in [-0.2, 0) is 4.79 Å². The number of amides is 1. The van der Waals surface area contributed by atoms with Crippen LogP contribution in [0.25, 0.3) is 0 Å². The quantitative estimate of drug-likeness (QED) is 0.787. The summed E-state index contributed by atoms with van der Waals surface area (Å²) in [7, 11) is 0. The first kappa shape index (κ1) is 13.7. The smallest absolute Gasteiger partial charge is 0.223 e. The fourth-order valence-corrected chi connectivity index (χ4v) is 4.94. The summed E-state index contributed by atoms with van der Waals surface area (Å²) in [4.78, 5) is 12.5. The minimum atomic E-state index is 0.00311. The predicted octanol–water partition coefficient (Wildman–Crippen LogP) is 3.44. The molecule has 1 N–H and O–H groups in total. The first-order chi connectivity index (χ1) is 8.98. The molecule has 4 aliphatic carbocycles. The molecule has 4 aliphatic rings. The lowest BCUT2D eigenvalue weighted by Gasteiger charge is -2.53. The maximum absolute atomic E-state index is 12.5. The highest BCUT2D eigenvalue weighted by molar-refractivity contribution is 6.18. The summed E-state index contributed by atoms with van der Waals surface area (Å²) in [5.41, 5.74) is 0.00311. The third-order valence-electron chi connectivity index (χ3n) is 5.63. The summed E-state index contributed by atoms with van der Waals surface area (Å²) in [6.07, 6.45) is 6.68. The van der Waals surface area contributed by atoms with Gasteiger partial charge in [-0.15, -0.1) is 11.6 Å². The van der Waals surface area contributed by atoms with Gasteiger partial charge in [0.2, 0.25) is 5.91 Å². The van der Waals surface area contributed by atoms with Gasteiger partial charge in [0.05, 0.1) is 0 Å². The summed E-state index contributed by atoms with van der Waals surface area (Å²) >= 11 is 5.93. The lowest BCUT2D eigenvalue weighted by Crippen LogP contribution is -2.52. The van der Waals surface area contributed by atoms with Crippen molar-refractivity contribution in [2.75, 3.05) is 12.4 Å². The van der Waals surface area contributed by atoms with E-state index in [4.69, 9.17) is 11.6 Å². The van der Waals surface area contributed by atoms with Crippen molar-refractivity contribution in [3.63, 3.8) is 0 Å². The van der Waals surface area contributed by atoms with Crippen molar-refractivity contribution in [3.05, 3.63) is 0 Å². The summed E-state index contributed by atoms with van der Waals surface area (Å²) < 4.78 is 0. The van der Waals surface area contributed by atoms with Gasteiger partial charge in [0.15, 0.2) is 0 Å². The summed E-state index contributed by atoms with van der Waals surface area (Å²) in [5.74, 6) is 4.43. The molecule has 0 aromatic heterocycles. The van der Waals surface area contributed by atoms with Crippen molar-refractivity contribution in [2.24, 2.45) is 35.0 Å². The first-order valence-electron chi connectivity index (χ1n) is 7.82. The van der Waals surface area contributed by atoms with Gasteiger partial charge in [-0.1, -0.05) is 13.8 Å². The fourth-order valence-electron chi connectivity index (χ4n) is 4.84. The molecule has 0 aromatic rings. The van der Waals surface area contributed by atoms with E-state index < -0.39 is 0 Å². The van der Waals surface area contributed by atoms with Gasteiger partial charge >= 0.3 is 0 Å². The van der Waals surface area contributed by atoms with Crippen molar-refractivity contribution in [1.29, 1.82) is 0 Å². The second-order valence-electron chi connectivity index (χ2n) is 7.97. The minimum absolute atomic E-state index is 0.00311. The van der Waals surface area contributed by atoms with E-state index in [1.165, 1.54) is 32.1 Å². The number of alkyl halides is 1. The van der Waals surface area contributed by atoms with Crippen molar-refractivity contribution in [2.45, 2.75) is 46.0 Å². The fraction of sp³-hybridized carbons (Fsp3) is 0.938. The number of hydrogen-bond donors (Lipinski definition) is 1. The molecule has 0 radical (unpaired) electrons. The van der Waals surface area contributed by atoms with E-state index in [0.29, 0.717) is 36.1 Å². The Hall–Kier alpha value is -0.240. The maximum Gasteiger partial charge on any atom is 0.223 e. The highest BCUT2D eigenvalue weighted by atomic mass is 35.5. The molecule has 0 saturated heterocycles. The average molecular weight is 284 g/mol. The Labute approximate surface area is 121 Å². The van der Waals surface area contributed by atoms with Crippen LogP contribution in [0.3, 0.4) is 0 Å². The number of halogens is 1. The number of rotatable bonds is 4. The van der Waals surface area contributed by atoms with Crippen molar-refractivity contribution >= 4 is 17.5 Å². The molecule has 108 valence electrons. The van der Waals surface area contributed by atoms with Crippen LogP contribution >= 0.6 is 11.6 Å². The van der Waals surface area contributed by atoms with Crippen LogP contribution in [0.15, 0.2) is 0 Å². The third kappa shape index (κ3) is 2.66. The first-order valence-corrected chi connectivity index (χ1v) is 8.35. The molecule has 0 heterocycles. The van der Waals surface area contributed by atoms with Crippen LogP contribution in [0, 0.1) is 35.0 Å². The molecule has 0 atom stereocenters. The minimum Gasteiger partial charge on any atom is -0.355 e. The maximum atomic E-state index is 12.5. The van der Waals surface area contributed by atoms with E-state index in [9.17, 15) is 4.79 Å². The molecule has 0 aromatic carbocycles. The molecule has 0 unspecified atom stereocenters. The molecule has 3 heteroatoms. The Morgan fingerprint density at radius 3 is 2.11 bits per heavy atom. The Bertz CT molecular complexity index is 338. The second kappa shape index (κ2) is 4.95. The molecule has 19 heavy (non-hydrogen) atoms. The van der Waals surface area contributed by atoms with Gasteiger partial charge in [0.25, 0.3) is 0 Å². The van der Waals surface area contributed by atoms with Gasteiger partial charge in [0, 0.05) is 18.3 Å². The SMILES string of the molecule is CC(C)(CCl)CNC(=O)C1C2CC3CC(C2)CC1C3. The average Bonchev–Trinajstić information content (AvgIpc) is 2.35. The van der Waals surface area contributed by atoms with Crippen molar-refractivity contribution < 1.29 is 4.79 Å². The van der Waals surface area contributed by atoms with Crippen molar-refractivity contribution in [1.82, 2.24) is 5.32 Å². The Kier molecular flexibility index (Phi) is 3.57. The normalized spacial score (nSPS) is 40.5. The second-order valence-corrected chi connectivity index (χ2v) is 8.24. The Morgan fingerprint density at radius 2 is 1.63 bits per heavy atom. The summed E-state index contributed by atoms with van der Waals surface area (Å²) in [6.45, 7) is 4.92. The molecule has 4 saturated carbocycles. The molecule has 2 nitrogen and oxygen atoms in total. The van der Waals surface area contributed by atoms with E-state index in [1.54, 1.807) is 0 Å². The van der Waals surface area contributed by atoms with E-state index in [-0.39, 0.29) is 5.41 Å². The predicted molar refractivity (Wildman–Crippen MR) is 78.0 cm³/mol. The van der Waals surface area contributed by atoms with Gasteiger partial charge in [-0.2, -0.15) is 0 Å². The zero-order chi connectivity index (χ0) is 13.6. The molecular formula is C16H26ClNO. The Balaban J connectivity index is 1.61. The van der Waals surface area contributed by atoms with E-state index in [0.717, 1.165) is 11.8 Å². The Morgan fingerprint density at radius 1 is 1.11 bits per heavy atom.